The first-order valence-electron chi connectivity index (χ1n) is 6.35. The fraction of sp³-hybridized carbons (Fsp3) is 0.500. The number of rotatable bonds is 5. The third-order valence-electron chi connectivity index (χ3n) is 3.03. The molecule has 106 valence electrons. The Morgan fingerprint density at radius 1 is 1.53 bits per heavy atom. The highest BCUT2D eigenvalue weighted by molar-refractivity contribution is 5.85. The van der Waals surface area contributed by atoms with Crippen LogP contribution < -0.4 is 15.4 Å². The molecule has 5 heteroatoms. The van der Waals surface area contributed by atoms with Crippen molar-refractivity contribution in [1.82, 2.24) is 10.6 Å². The molecule has 4 nitrogen and oxygen atoms in total. The van der Waals surface area contributed by atoms with E-state index >= 15 is 0 Å². The van der Waals surface area contributed by atoms with Crippen LogP contribution in [-0.2, 0) is 4.79 Å². The van der Waals surface area contributed by atoms with Gasteiger partial charge in [-0.3, -0.25) is 4.79 Å². The molecule has 0 saturated carbocycles. The molecule has 1 heterocycles. The van der Waals surface area contributed by atoms with Crippen LogP contribution in [0.25, 0.3) is 0 Å². The molecule has 0 aromatic heterocycles. The molecular formula is C14H21ClN2O2. The molecule has 0 aliphatic carbocycles. The van der Waals surface area contributed by atoms with Crippen LogP contribution in [0, 0.1) is 12.8 Å². The predicted molar refractivity (Wildman–Crippen MR) is 77.9 cm³/mol. The number of hydrogen-bond donors (Lipinski definition) is 2. The molecule has 2 rings (SSSR count). The highest BCUT2D eigenvalue weighted by Crippen LogP contribution is 2.12. The zero-order valence-electron chi connectivity index (χ0n) is 11.3. The molecule has 1 aromatic carbocycles. The number of carbonyl (C=O) groups excluding carboxylic acids is 1. The molecule has 1 unspecified atom stereocenters. The van der Waals surface area contributed by atoms with Gasteiger partial charge in [0.1, 0.15) is 12.4 Å². The Labute approximate surface area is 120 Å². The Balaban J connectivity index is 0.00000180. The summed E-state index contributed by atoms with van der Waals surface area (Å²) in [6, 6.07) is 7.94. The Morgan fingerprint density at radius 3 is 2.84 bits per heavy atom. The topological polar surface area (TPSA) is 50.4 Å². The second-order valence-electron chi connectivity index (χ2n) is 4.89. The monoisotopic (exact) mass is 284 g/mol. The van der Waals surface area contributed by atoms with Crippen LogP contribution in [-0.4, -0.2) is 31.6 Å². The largest absolute Gasteiger partial charge is 0.491 e. The third-order valence-corrected chi connectivity index (χ3v) is 3.03. The van der Waals surface area contributed by atoms with Crippen molar-refractivity contribution in [3.63, 3.8) is 0 Å². The molecule has 19 heavy (non-hydrogen) atoms. The average Bonchev–Trinajstić information content (AvgIpc) is 2.24. The zero-order chi connectivity index (χ0) is 13.0. The number of halogens is 1. The van der Waals surface area contributed by atoms with Crippen molar-refractivity contribution < 1.29 is 9.53 Å². The fourth-order valence-electron chi connectivity index (χ4n) is 1.80. The van der Waals surface area contributed by atoms with Crippen molar-refractivity contribution in [3.8, 4) is 5.75 Å². The summed E-state index contributed by atoms with van der Waals surface area (Å²) in [6.45, 7) is 6.06. The van der Waals surface area contributed by atoms with Crippen LogP contribution in [0.2, 0.25) is 0 Å². The maximum Gasteiger partial charge on any atom is 0.226 e. The van der Waals surface area contributed by atoms with E-state index in [0.29, 0.717) is 6.61 Å². The van der Waals surface area contributed by atoms with Gasteiger partial charge in [0, 0.05) is 13.1 Å². The van der Waals surface area contributed by atoms with E-state index in [9.17, 15) is 4.79 Å². The summed E-state index contributed by atoms with van der Waals surface area (Å²) in [4.78, 5) is 11.7. The summed E-state index contributed by atoms with van der Waals surface area (Å²) >= 11 is 0. The summed E-state index contributed by atoms with van der Waals surface area (Å²) in [5, 5.41) is 6.05. The molecule has 1 saturated heterocycles. The third kappa shape index (κ3) is 4.73. The highest BCUT2D eigenvalue weighted by Gasteiger charge is 2.25. The first kappa shape index (κ1) is 15.8. The van der Waals surface area contributed by atoms with Crippen molar-refractivity contribution in [2.24, 2.45) is 5.92 Å². The van der Waals surface area contributed by atoms with E-state index in [0.717, 1.165) is 18.8 Å². The number of hydrogen-bond acceptors (Lipinski definition) is 3. The van der Waals surface area contributed by atoms with Crippen LogP contribution in [0.5, 0.6) is 5.75 Å². The van der Waals surface area contributed by atoms with Crippen molar-refractivity contribution in [2.45, 2.75) is 19.9 Å². The van der Waals surface area contributed by atoms with Gasteiger partial charge in [0.25, 0.3) is 0 Å². The lowest BCUT2D eigenvalue weighted by Crippen LogP contribution is -2.53. The maximum absolute atomic E-state index is 11.7. The van der Waals surface area contributed by atoms with Gasteiger partial charge >= 0.3 is 0 Å². The number of nitrogens with one attached hydrogen (secondary N) is 2. The van der Waals surface area contributed by atoms with Crippen molar-refractivity contribution in [2.75, 3.05) is 19.7 Å². The van der Waals surface area contributed by atoms with Crippen LogP contribution in [0.3, 0.4) is 0 Å². The Morgan fingerprint density at radius 2 is 2.26 bits per heavy atom. The summed E-state index contributed by atoms with van der Waals surface area (Å²) in [5.74, 6) is 1.10. The van der Waals surface area contributed by atoms with E-state index in [4.69, 9.17) is 4.74 Å². The van der Waals surface area contributed by atoms with Crippen molar-refractivity contribution in [3.05, 3.63) is 29.8 Å². The van der Waals surface area contributed by atoms with E-state index in [-0.39, 0.29) is 30.3 Å². The normalized spacial score (nSPS) is 15.9. The predicted octanol–water partition coefficient (Wildman–Crippen LogP) is 1.52. The lowest BCUT2D eigenvalue weighted by atomic mass is 10.0. The average molecular weight is 285 g/mol. The molecule has 0 spiro atoms. The summed E-state index contributed by atoms with van der Waals surface area (Å²) < 4.78 is 5.65. The van der Waals surface area contributed by atoms with Crippen LogP contribution in [0.15, 0.2) is 24.3 Å². The molecule has 1 aliphatic heterocycles. The second-order valence-corrected chi connectivity index (χ2v) is 4.89. The Kier molecular flexibility index (Phi) is 6.12. The number of carbonyl (C=O) groups is 1. The molecule has 1 amide bonds. The lowest BCUT2D eigenvalue weighted by Gasteiger charge is -2.27. The summed E-state index contributed by atoms with van der Waals surface area (Å²) in [7, 11) is 0. The molecule has 1 aromatic rings. The lowest BCUT2D eigenvalue weighted by molar-refractivity contribution is -0.127. The minimum absolute atomic E-state index is 0. The van der Waals surface area contributed by atoms with Gasteiger partial charge < -0.3 is 15.4 Å². The number of aryl methyl sites for hydroxylation is 1. The second kappa shape index (κ2) is 7.36. The van der Waals surface area contributed by atoms with E-state index in [1.807, 2.05) is 38.1 Å². The van der Waals surface area contributed by atoms with Gasteiger partial charge in [0.2, 0.25) is 5.91 Å². The van der Waals surface area contributed by atoms with Crippen LogP contribution >= 0.6 is 12.4 Å². The van der Waals surface area contributed by atoms with Gasteiger partial charge in [-0.2, -0.15) is 0 Å². The summed E-state index contributed by atoms with van der Waals surface area (Å²) in [6.07, 6.45) is 0. The van der Waals surface area contributed by atoms with Gasteiger partial charge in [0.15, 0.2) is 0 Å². The van der Waals surface area contributed by atoms with Gasteiger partial charge in [0.05, 0.1) is 12.0 Å². The number of benzene rings is 1. The maximum atomic E-state index is 11.7. The number of ether oxygens (including phenoxy) is 1. The van der Waals surface area contributed by atoms with E-state index in [1.165, 1.54) is 5.56 Å². The Hall–Kier alpha value is -1.26. The van der Waals surface area contributed by atoms with E-state index in [1.54, 1.807) is 0 Å². The smallest absolute Gasteiger partial charge is 0.226 e. The molecular weight excluding hydrogens is 264 g/mol. The van der Waals surface area contributed by atoms with Crippen molar-refractivity contribution in [1.29, 1.82) is 0 Å². The quantitative estimate of drug-likeness (QED) is 0.862. The molecule has 0 radical (unpaired) electrons. The minimum Gasteiger partial charge on any atom is -0.491 e. The highest BCUT2D eigenvalue weighted by atomic mass is 35.5. The molecule has 1 aliphatic rings. The van der Waals surface area contributed by atoms with Crippen LogP contribution in [0.4, 0.5) is 0 Å². The van der Waals surface area contributed by atoms with Gasteiger partial charge in [-0.1, -0.05) is 12.1 Å². The standard InChI is InChI=1S/C14H20N2O2.ClH/c1-10-4-3-5-13(6-10)18-9-11(2)16-14(17)12-7-15-8-12;/h3-6,11-12,15H,7-9H2,1-2H3,(H,16,17);1H. The fourth-order valence-corrected chi connectivity index (χ4v) is 1.80. The van der Waals surface area contributed by atoms with E-state index < -0.39 is 0 Å². The van der Waals surface area contributed by atoms with Gasteiger partial charge in [-0.25, -0.2) is 0 Å². The molecule has 1 atom stereocenters. The Bertz CT molecular complexity index is 422. The number of amides is 1. The van der Waals surface area contributed by atoms with Gasteiger partial charge in [-0.05, 0) is 31.5 Å². The minimum atomic E-state index is 0. The molecule has 0 bridgehead atoms. The molecule has 1 fully saturated rings. The first-order valence-corrected chi connectivity index (χ1v) is 6.35. The van der Waals surface area contributed by atoms with E-state index in [2.05, 4.69) is 10.6 Å². The molecule has 2 N–H and O–H groups in total. The van der Waals surface area contributed by atoms with Crippen molar-refractivity contribution >= 4 is 18.3 Å². The van der Waals surface area contributed by atoms with Gasteiger partial charge in [-0.15, -0.1) is 12.4 Å². The summed E-state index contributed by atoms with van der Waals surface area (Å²) in [5.41, 5.74) is 1.17. The zero-order valence-corrected chi connectivity index (χ0v) is 12.1. The first-order chi connectivity index (χ1) is 8.65. The SMILES string of the molecule is Cc1cccc(OCC(C)NC(=O)C2CNC2)c1.Cl. The van der Waals surface area contributed by atoms with Crippen LogP contribution in [0.1, 0.15) is 12.5 Å².